The molecule has 1 aromatic carbocycles. The first kappa shape index (κ1) is 16.0. The Balaban J connectivity index is 1.66. The van der Waals surface area contributed by atoms with Crippen molar-refractivity contribution in [3.63, 3.8) is 0 Å². The molecule has 0 bridgehead atoms. The van der Waals surface area contributed by atoms with E-state index in [0.717, 1.165) is 23.5 Å². The van der Waals surface area contributed by atoms with Crippen LogP contribution in [-0.2, 0) is 11.2 Å². The van der Waals surface area contributed by atoms with Gasteiger partial charge in [-0.05, 0) is 31.0 Å². The molecule has 3 rings (SSSR count). The zero-order chi connectivity index (χ0) is 16.9. The van der Waals surface area contributed by atoms with Crippen molar-refractivity contribution in [2.75, 3.05) is 5.32 Å². The van der Waals surface area contributed by atoms with Gasteiger partial charge in [-0.1, -0.05) is 25.1 Å². The molecule has 1 unspecified atom stereocenters. The van der Waals surface area contributed by atoms with Gasteiger partial charge in [-0.3, -0.25) is 4.79 Å². The van der Waals surface area contributed by atoms with Crippen LogP contribution in [0.15, 0.2) is 55.0 Å². The number of carbonyl (C=O) groups excluding carboxylic acids is 1. The first-order chi connectivity index (χ1) is 11.7. The van der Waals surface area contributed by atoms with Crippen molar-refractivity contribution in [2.24, 2.45) is 0 Å². The molecule has 0 aliphatic rings. The number of aromatic nitrogens is 4. The Morgan fingerprint density at radius 1 is 1.21 bits per heavy atom. The third kappa shape index (κ3) is 3.53. The van der Waals surface area contributed by atoms with Gasteiger partial charge >= 0.3 is 0 Å². The molecule has 0 aliphatic heterocycles. The van der Waals surface area contributed by atoms with Crippen LogP contribution in [0.1, 0.15) is 31.9 Å². The van der Waals surface area contributed by atoms with E-state index < -0.39 is 0 Å². The van der Waals surface area contributed by atoms with Gasteiger partial charge in [-0.25, -0.2) is 9.36 Å². The Morgan fingerprint density at radius 3 is 2.75 bits per heavy atom. The second-order valence-electron chi connectivity index (χ2n) is 5.77. The number of nitrogens with zero attached hydrogens (tertiary/aromatic N) is 4. The number of carbonyl (C=O) groups is 1. The van der Waals surface area contributed by atoms with E-state index in [1.807, 2.05) is 47.3 Å². The molecule has 124 valence electrons. The number of nitrogens with one attached hydrogen (secondary N) is 1. The van der Waals surface area contributed by atoms with Crippen molar-refractivity contribution in [1.29, 1.82) is 0 Å². The van der Waals surface area contributed by atoms with Crippen molar-refractivity contribution in [3.05, 3.63) is 60.6 Å². The number of rotatable bonds is 6. The number of hydrogen-bond acceptors (Lipinski definition) is 3. The lowest BCUT2D eigenvalue weighted by Gasteiger charge is -2.13. The van der Waals surface area contributed by atoms with Gasteiger partial charge in [0.05, 0.1) is 30.5 Å². The molecule has 1 atom stereocenters. The summed E-state index contributed by atoms with van der Waals surface area (Å²) in [7, 11) is 0. The zero-order valence-electron chi connectivity index (χ0n) is 13.9. The van der Waals surface area contributed by atoms with Crippen LogP contribution in [0.25, 0.3) is 5.69 Å². The molecule has 0 radical (unpaired) electrons. The average Bonchev–Trinajstić information content (AvgIpc) is 3.24. The summed E-state index contributed by atoms with van der Waals surface area (Å²) in [6.45, 7) is 4.17. The van der Waals surface area contributed by atoms with E-state index in [1.165, 1.54) is 0 Å². The molecule has 6 heteroatoms. The smallest absolute Gasteiger partial charge is 0.230 e. The Bertz CT molecular complexity index is 806. The van der Waals surface area contributed by atoms with Gasteiger partial charge in [-0.2, -0.15) is 10.2 Å². The fourth-order valence-corrected chi connectivity index (χ4v) is 2.48. The number of amides is 1. The van der Waals surface area contributed by atoms with Crippen molar-refractivity contribution in [3.8, 4) is 5.69 Å². The number of anilines is 1. The minimum absolute atomic E-state index is 0.0762. The van der Waals surface area contributed by atoms with E-state index in [9.17, 15) is 4.79 Å². The zero-order valence-corrected chi connectivity index (χ0v) is 13.9. The molecule has 0 fully saturated rings. The summed E-state index contributed by atoms with van der Waals surface area (Å²) in [5, 5.41) is 11.5. The molecule has 1 amide bonds. The Labute approximate surface area is 141 Å². The van der Waals surface area contributed by atoms with Crippen LogP contribution in [0.2, 0.25) is 0 Å². The van der Waals surface area contributed by atoms with E-state index in [2.05, 4.69) is 29.4 Å². The summed E-state index contributed by atoms with van der Waals surface area (Å²) in [6.07, 6.45) is 6.53. The third-order valence-electron chi connectivity index (χ3n) is 3.97. The first-order valence-electron chi connectivity index (χ1n) is 8.09. The van der Waals surface area contributed by atoms with Crippen LogP contribution in [0.3, 0.4) is 0 Å². The monoisotopic (exact) mass is 323 g/mol. The standard InChI is InChI=1S/C18H21N5O/c1-3-14(2)23-17(9-10-19-23)21-18(24)11-15-12-20-22(13-15)16-7-5-4-6-8-16/h4-10,12-14H,3,11H2,1-2H3,(H,21,24). The van der Waals surface area contributed by atoms with Gasteiger partial charge in [0.25, 0.3) is 0 Å². The molecule has 6 nitrogen and oxygen atoms in total. The molecular formula is C18H21N5O. The van der Waals surface area contributed by atoms with Crippen molar-refractivity contribution >= 4 is 11.7 Å². The molecule has 0 aliphatic carbocycles. The predicted molar refractivity (Wildman–Crippen MR) is 93.1 cm³/mol. The van der Waals surface area contributed by atoms with Crippen LogP contribution in [0.4, 0.5) is 5.82 Å². The SMILES string of the molecule is CCC(C)n1nccc1NC(=O)Cc1cnn(-c2ccccc2)c1. The maximum Gasteiger partial charge on any atom is 0.230 e. The number of para-hydroxylation sites is 1. The Hall–Kier alpha value is -2.89. The topological polar surface area (TPSA) is 64.7 Å². The lowest BCUT2D eigenvalue weighted by Crippen LogP contribution is -2.18. The molecule has 24 heavy (non-hydrogen) atoms. The Morgan fingerprint density at radius 2 is 2.00 bits per heavy atom. The molecule has 0 saturated carbocycles. The molecule has 2 heterocycles. The minimum atomic E-state index is -0.0762. The summed E-state index contributed by atoms with van der Waals surface area (Å²) in [5.74, 6) is 0.650. The highest BCUT2D eigenvalue weighted by molar-refractivity contribution is 5.91. The fraction of sp³-hybridized carbons (Fsp3) is 0.278. The van der Waals surface area contributed by atoms with Crippen molar-refractivity contribution in [1.82, 2.24) is 19.6 Å². The van der Waals surface area contributed by atoms with Crippen LogP contribution < -0.4 is 5.32 Å². The third-order valence-corrected chi connectivity index (χ3v) is 3.97. The minimum Gasteiger partial charge on any atom is -0.311 e. The highest BCUT2D eigenvalue weighted by Crippen LogP contribution is 2.17. The fourth-order valence-electron chi connectivity index (χ4n) is 2.48. The van der Waals surface area contributed by atoms with Crippen LogP contribution in [-0.4, -0.2) is 25.5 Å². The highest BCUT2D eigenvalue weighted by Gasteiger charge is 2.12. The lowest BCUT2D eigenvalue weighted by molar-refractivity contribution is -0.115. The lowest BCUT2D eigenvalue weighted by atomic mass is 10.2. The van der Waals surface area contributed by atoms with Crippen LogP contribution in [0, 0.1) is 0 Å². The van der Waals surface area contributed by atoms with E-state index in [4.69, 9.17) is 0 Å². The summed E-state index contributed by atoms with van der Waals surface area (Å²) < 4.78 is 3.61. The second-order valence-corrected chi connectivity index (χ2v) is 5.77. The van der Waals surface area contributed by atoms with Crippen molar-refractivity contribution in [2.45, 2.75) is 32.7 Å². The molecule has 1 N–H and O–H groups in total. The molecule has 0 spiro atoms. The maximum absolute atomic E-state index is 12.3. The van der Waals surface area contributed by atoms with Crippen LogP contribution in [0.5, 0.6) is 0 Å². The van der Waals surface area contributed by atoms with Gasteiger partial charge in [0.2, 0.25) is 5.91 Å². The molecular weight excluding hydrogens is 302 g/mol. The normalized spacial score (nSPS) is 12.1. The summed E-state index contributed by atoms with van der Waals surface area (Å²) >= 11 is 0. The van der Waals surface area contributed by atoms with Gasteiger partial charge < -0.3 is 5.32 Å². The Kier molecular flexibility index (Phi) is 4.74. The van der Waals surface area contributed by atoms with Gasteiger partial charge in [0, 0.05) is 12.3 Å². The highest BCUT2D eigenvalue weighted by atomic mass is 16.1. The second kappa shape index (κ2) is 7.12. The van der Waals surface area contributed by atoms with E-state index in [1.54, 1.807) is 17.1 Å². The summed E-state index contributed by atoms with van der Waals surface area (Å²) in [4.78, 5) is 12.3. The van der Waals surface area contributed by atoms with Gasteiger partial charge in [-0.15, -0.1) is 0 Å². The van der Waals surface area contributed by atoms with Gasteiger partial charge in [0.1, 0.15) is 5.82 Å². The largest absolute Gasteiger partial charge is 0.311 e. The molecule has 0 saturated heterocycles. The predicted octanol–water partition coefficient (Wildman–Crippen LogP) is 3.22. The van der Waals surface area contributed by atoms with E-state index in [-0.39, 0.29) is 18.4 Å². The van der Waals surface area contributed by atoms with Gasteiger partial charge in [0.15, 0.2) is 0 Å². The summed E-state index contributed by atoms with van der Waals surface area (Å²) in [5.41, 5.74) is 1.84. The molecule has 2 aromatic heterocycles. The number of hydrogen-bond donors (Lipinski definition) is 1. The molecule has 3 aromatic rings. The maximum atomic E-state index is 12.3. The van der Waals surface area contributed by atoms with E-state index in [0.29, 0.717) is 0 Å². The first-order valence-corrected chi connectivity index (χ1v) is 8.09. The quantitative estimate of drug-likeness (QED) is 0.757. The average molecular weight is 323 g/mol. The summed E-state index contributed by atoms with van der Waals surface area (Å²) in [6, 6.07) is 11.9. The van der Waals surface area contributed by atoms with Crippen LogP contribution >= 0.6 is 0 Å². The number of benzene rings is 1. The van der Waals surface area contributed by atoms with E-state index >= 15 is 0 Å². The van der Waals surface area contributed by atoms with Crippen molar-refractivity contribution < 1.29 is 4.79 Å².